The van der Waals surface area contributed by atoms with E-state index in [4.69, 9.17) is 4.42 Å². The van der Waals surface area contributed by atoms with Gasteiger partial charge in [-0.2, -0.15) is 0 Å². The number of nitrogens with zero attached hydrogens (tertiary/aromatic N) is 3. The largest absolute Gasteiger partial charge is 0.423 e. The zero-order valence-corrected chi connectivity index (χ0v) is 16.9. The van der Waals surface area contributed by atoms with Crippen LogP contribution >= 0.6 is 11.3 Å². The fourth-order valence-corrected chi connectivity index (χ4v) is 4.55. The maximum Gasteiger partial charge on any atom is 0.336 e. The van der Waals surface area contributed by atoms with E-state index >= 15 is 0 Å². The summed E-state index contributed by atoms with van der Waals surface area (Å²) < 4.78 is 5.48. The second kappa shape index (κ2) is 7.44. The van der Waals surface area contributed by atoms with Crippen molar-refractivity contribution in [3.8, 4) is 0 Å². The summed E-state index contributed by atoms with van der Waals surface area (Å²) in [5, 5.41) is 4.18. The van der Waals surface area contributed by atoms with Crippen molar-refractivity contribution < 1.29 is 4.42 Å². The number of anilines is 1. The van der Waals surface area contributed by atoms with Crippen LogP contribution in [-0.4, -0.2) is 36.1 Å². The van der Waals surface area contributed by atoms with E-state index in [1.165, 1.54) is 11.1 Å². The molecule has 27 heavy (non-hydrogen) atoms. The van der Waals surface area contributed by atoms with Crippen molar-refractivity contribution in [2.24, 2.45) is 0 Å². The molecule has 0 bridgehead atoms. The molecule has 3 heterocycles. The molecule has 6 heteroatoms. The Labute approximate surface area is 163 Å². The van der Waals surface area contributed by atoms with Gasteiger partial charge in [0.2, 0.25) is 0 Å². The highest BCUT2D eigenvalue weighted by atomic mass is 32.1. The zero-order valence-electron chi connectivity index (χ0n) is 16.1. The van der Waals surface area contributed by atoms with Crippen molar-refractivity contribution in [3.63, 3.8) is 0 Å². The van der Waals surface area contributed by atoms with Crippen molar-refractivity contribution in [2.45, 2.75) is 33.2 Å². The van der Waals surface area contributed by atoms with Crippen molar-refractivity contribution in [1.82, 2.24) is 9.88 Å². The van der Waals surface area contributed by atoms with Crippen LogP contribution < -0.4 is 10.5 Å². The van der Waals surface area contributed by atoms with E-state index in [1.807, 2.05) is 17.6 Å². The van der Waals surface area contributed by atoms with Crippen molar-refractivity contribution >= 4 is 27.4 Å². The van der Waals surface area contributed by atoms with E-state index in [0.717, 1.165) is 48.8 Å². The summed E-state index contributed by atoms with van der Waals surface area (Å²) >= 11 is 1.69. The van der Waals surface area contributed by atoms with Gasteiger partial charge in [0.15, 0.2) is 5.13 Å². The molecule has 0 amide bonds. The minimum atomic E-state index is -0.268. The fourth-order valence-electron chi connectivity index (χ4n) is 3.85. The van der Waals surface area contributed by atoms with E-state index in [2.05, 4.69) is 41.6 Å². The quantitative estimate of drug-likeness (QED) is 0.637. The average molecular weight is 384 g/mol. The van der Waals surface area contributed by atoms with Crippen LogP contribution in [-0.2, 0) is 6.54 Å². The van der Waals surface area contributed by atoms with Crippen LogP contribution in [0.5, 0.6) is 0 Å². The molecule has 0 N–H and O–H groups in total. The van der Waals surface area contributed by atoms with E-state index < -0.39 is 0 Å². The van der Waals surface area contributed by atoms with Gasteiger partial charge < -0.3 is 9.32 Å². The first-order chi connectivity index (χ1) is 13.0. The Kier molecular flexibility index (Phi) is 5.02. The van der Waals surface area contributed by atoms with Crippen LogP contribution in [0.15, 0.2) is 39.0 Å². The molecule has 0 radical (unpaired) electrons. The summed E-state index contributed by atoms with van der Waals surface area (Å²) in [6.45, 7) is 11.1. The molecular weight excluding hydrogens is 358 g/mol. The van der Waals surface area contributed by atoms with E-state index in [1.54, 1.807) is 17.4 Å². The second-order valence-corrected chi connectivity index (χ2v) is 8.40. The molecule has 5 nitrogen and oxygen atoms in total. The van der Waals surface area contributed by atoms with Gasteiger partial charge in [0.05, 0.1) is 0 Å². The lowest BCUT2D eigenvalue weighted by Gasteiger charge is -2.34. The highest BCUT2D eigenvalue weighted by Crippen LogP contribution is 2.28. The Hall–Kier alpha value is -2.18. The van der Waals surface area contributed by atoms with Crippen LogP contribution in [0, 0.1) is 6.92 Å². The molecule has 0 atom stereocenters. The third-order valence-corrected chi connectivity index (χ3v) is 6.13. The highest BCUT2D eigenvalue weighted by molar-refractivity contribution is 7.13. The Morgan fingerprint density at radius 3 is 2.63 bits per heavy atom. The van der Waals surface area contributed by atoms with Gasteiger partial charge in [-0.15, -0.1) is 11.3 Å². The average Bonchev–Trinajstić information content (AvgIpc) is 3.16. The number of fused-ring (bicyclic) bond motifs is 1. The lowest BCUT2D eigenvalue weighted by Crippen LogP contribution is -2.46. The number of aryl methyl sites for hydroxylation is 1. The third kappa shape index (κ3) is 3.77. The molecule has 1 fully saturated rings. The smallest absolute Gasteiger partial charge is 0.336 e. The van der Waals surface area contributed by atoms with Crippen LogP contribution in [0.25, 0.3) is 11.0 Å². The standard InChI is InChI=1S/C21H25N3O2S/c1-14(2)17-12-18-16(11-20(25)26-19(18)10-15(17)3)13-23-5-7-24(8-6-23)21-22-4-9-27-21/h4,9-12,14H,5-8,13H2,1-3H3. The lowest BCUT2D eigenvalue weighted by molar-refractivity contribution is 0.250. The van der Waals surface area contributed by atoms with Gasteiger partial charge in [-0.1, -0.05) is 13.8 Å². The Balaban J connectivity index is 1.58. The minimum Gasteiger partial charge on any atom is -0.423 e. The number of hydrogen-bond donors (Lipinski definition) is 0. The predicted octanol–water partition coefficient (Wildman–Crippen LogP) is 4.00. The number of aromatic nitrogens is 1. The van der Waals surface area contributed by atoms with E-state index in [-0.39, 0.29) is 5.63 Å². The molecule has 0 unspecified atom stereocenters. The SMILES string of the molecule is Cc1cc2oc(=O)cc(CN3CCN(c4nccs4)CC3)c2cc1C(C)C. The topological polar surface area (TPSA) is 49.6 Å². The number of thiazole rings is 1. The van der Waals surface area contributed by atoms with Crippen LogP contribution in [0.3, 0.4) is 0 Å². The van der Waals surface area contributed by atoms with Gasteiger partial charge in [-0.05, 0) is 41.7 Å². The van der Waals surface area contributed by atoms with Crippen LogP contribution in [0.2, 0.25) is 0 Å². The molecule has 1 saturated heterocycles. The molecular formula is C21H25N3O2S. The number of piperazine rings is 1. The van der Waals surface area contributed by atoms with Crippen molar-refractivity contribution in [1.29, 1.82) is 0 Å². The highest BCUT2D eigenvalue weighted by Gasteiger charge is 2.20. The number of benzene rings is 1. The Morgan fingerprint density at radius 1 is 1.19 bits per heavy atom. The molecule has 1 aromatic carbocycles. The van der Waals surface area contributed by atoms with Gasteiger partial charge in [0.1, 0.15) is 5.58 Å². The molecule has 2 aromatic heterocycles. The number of hydrogen-bond acceptors (Lipinski definition) is 6. The van der Waals surface area contributed by atoms with E-state index in [0.29, 0.717) is 11.5 Å². The molecule has 1 aliphatic heterocycles. The van der Waals surface area contributed by atoms with Crippen LogP contribution in [0.1, 0.15) is 36.5 Å². The molecule has 1 aliphatic rings. The second-order valence-electron chi connectivity index (χ2n) is 7.53. The van der Waals surface area contributed by atoms with Crippen molar-refractivity contribution in [2.75, 3.05) is 31.1 Å². The summed E-state index contributed by atoms with van der Waals surface area (Å²) in [5.41, 5.74) is 3.98. The molecule has 4 rings (SSSR count). The lowest BCUT2D eigenvalue weighted by atomic mass is 9.95. The maximum absolute atomic E-state index is 12.1. The summed E-state index contributed by atoms with van der Waals surface area (Å²) in [6, 6.07) is 5.88. The minimum absolute atomic E-state index is 0.268. The first-order valence-electron chi connectivity index (χ1n) is 9.45. The monoisotopic (exact) mass is 383 g/mol. The summed E-state index contributed by atoms with van der Waals surface area (Å²) in [4.78, 5) is 21.2. The molecule has 0 saturated carbocycles. The fraction of sp³-hybridized carbons (Fsp3) is 0.429. The first kappa shape index (κ1) is 18.2. The summed E-state index contributed by atoms with van der Waals surface area (Å²) in [5.74, 6) is 0.441. The molecule has 0 spiro atoms. The van der Waals surface area contributed by atoms with Crippen molar-refractivity contribution in [3.05, 3.63) is 56.9 Å². The third-order valence-electron chi connectivity index (χ3n) is 5.29. The number of rotatable bonds is 4. The molecule has 3 aromatic rings. The van der Waals surface area contributed by atoms with Gasteiger partial charge in [-0.25, -0.2) is 9.78 Å². The summed E-state index contributed by atoms with van der Waals surface area (Å²) in [6.07, 6.45) is 1.86. The normalized spacial score (nSPS) is 15.8. The predicted molar refractivity (Wildman–Crippen MR) is 111 cm³/mol. The molecule has 0 aliphatic carbocycles. The van der Waals surface area contributed by atoms with Gasteiger partial charge in [-0.3, -0.25) is 4.90 Å². The van der Waals surface area contributed by atoms with Crippen LogP contribution in [0.4, 0.5) is 5.13 Å². The van der Waals surface area contributed by atoms with Gasteiger partial charge in [0.25, 0.3) is 0 Å². The Bertz CT molecular complexity index is 987. The molecule has 142 valence electrons. The Morgan fingerprint density at radius 2 is 1.96 bits per heavy atom. The maximum atomic E-state index is 12.1. The zero-order chi connectivity index (χ0) is 19.0. The van der Waals surface area contributed by atoms with Gasteiger partial charge in [0, 0.05) is 55.8 Å². The first-order valence-corrected chi connectivity index (χ1v) is 10.3. The van der Waals surface area contributed by atoms with Gasteiger partial charge >= 0.3 is 5.63 Å². The summed E-state index contributed by atoms with van der Waals surface area (Å²) in [7, 11) is 0. The van der Waals surface area contributed by atoms with E-state index in [9.17, 15) is 4.79 Å².